The van der Waals surface area contributed by atoms with Crippen LogP contribution in [0.1, 0.15) is 18.4 Å². The summed E-state index contributed by atoms with van der Waals surface area (Å²) in [5.41, 5.74) is -0.225. The molecule has 108 valence electrons. The van der Waals surface area contributed by atoms with Crippen LogP contribution in [0, 0.1) is 0 Å². The summed E-state index contributed by atoms with van der Waals surface area (Å²) < 4.78 is 5.26. The SMILES string of the molecule is COC[C@@]1(CO)C(=O)C2(c3ccccc3)CCN1CC2. The smallest absolute Gasteiger partial charge is 0.168 e. The van der Waals surface area contributed by atoms with E-state index in [0.717, 1.165) is 31.5 Å². The minimum Gasteiger partial charge on any atom is -0.394 e. The Kier molecular flexibility index (Phi) is 3.40. The van der Waals surface area contributed by atoms with Crippen LogP contribution in [-0.4, -0.2) is 54.7 Å². The van der Waals surface area contributed by atoms with Crippen LogP contribution in [0.4, 0.5) is 0 Å². The Balaban J connectivity index is 2.07. The molecule has 3 fully saturated rings. The van der Waals surface area contributed by atoms with Gasteiger partial charge in [-0.25, -0.2) is 0 Å². The zero-order valence-corrected chi connectivity index (χ0v) is 11.8. The van der Waals surface area contributed by atoms with Gasteiger partial charge < -0.3 is 9.84 Å². The summed E-state index contributed by atoms with van der Waals surface area (Å²) in [6.45, 7) is 1.76. The number of benzene rings is 1. The molecule has 4 nitrogen and oxygen atoms in total. The van der Waals surface area contributed by atoms with Crippen molar-refractivity contribution in [3.8, 4) is 0 Å². The van der Waals surface area contributed by atoms with Gasteiger partial charge in [0.25, 0.3) is 0 Å². The van der Waals surface area contributed by atoms with Crippen LogP contribution in [0.15, 0.2) is 30.3 Å². The van der Waals surface area contributed by atoms with Gasteiger partial charge in [-0.05, 0) is 18.4 Å². The molecular weight excluding hydrogens is 254 g/mol. The summed E-state index contributed by atoms with van der Waals surface area (Å²) in [4.78, 5) is 15.3. The van der Waals surface area contributed by atoms with E-state index in [0.29, 0.717) is 0 Å². The number of ketones is 1. The molecule has 1 aromatic carbocycles. The van der Waals surface area contributed by atoms with E-state index in [9.17, 15) is 9.90 Å². The number of carbonyl (C=O) groups excluding carboxylic acids is 1. The van der Waals surface area contributed by atoms with Crippen LogP contribution in [0.3, 0.4) is 0 Å². The molecule has 0 radical (unpaired) electrons. The molecule has 2 bridgehead atoms. The van der Waals surface area contributed by atoms with Gasteiger partial charge in [0.05, 0.1) is 18.6 Å². The van der Waals surface area contributed by atoms with Crippen LogP contribution in [0.25, 0.3) is 0 Å². The first-order valence-electron chi connectivity index (χ1n) is 7.15. The molecule has 4 rings (SSSR count). The van der Waals surface area contributed by atoms with Crippen LogP contribution < -0.4 is 0 Å². The van der Waals surface area contributed by atoms with Crippen LogP contribution in [0.5, 0.6) is 0 Å². The lowest BCUT2D eigenvalue weighted by atomic mass is 9.60. The normalized spacial score (nSPS) is 36.3. The highest BCUT2D eigenvalue weighted by Gasteiger charge is 2.60. The number of ether oxygens (including phenoxy) is 1. The van der Waals surface area contributed by atoms with E-state index in [1.807, 2.05) is 30.3 Å². The molecule has 0 aromatic heterocycles. The van der Waals surface area contributed by atoms with Crippen molar-refractivity contribution in [1.82, 2.24) is 4.90 Å². The Bertz CT molecular complexity index is 494. The van der Waals surface area contributed by atoms with Crippen molar-refractivity contribution in [2.24, 2.45) is 0 Å². The molecule has 0 amide bonds. The summed E-state index contributed by atoms with van der Waals surface area (Å²) in [6.07, 6.45) is 1.67. The molecule has 1 atom stereocenters. The second-order valence-corrected chi connectivity index (χ2v) is 5.89. The number of methoxy groups -OCH3 is 1. The molecule has 3 aliphatic heterocycles. The number of aliphatic hydroxyl groups excluding tert-OH is 1. The van der Waals surface area contributed by atoms with Crippen molar-refractivity contribution in [3.05, 3.63) is 35.9 Å². The van der Waals surface area contributed by atoms with Gasteiger partial charge in [-0.15, -0.1) is 0 Å². The molecule has 4 heteroatoms. The number of carbonyl (C=O) groups is 1. The number of hydrogen-bond acceptors (Lipinski definition) is 4. The number of Topliss-reactive ketones (excluding diaryl/α,β-unsaturated/α-hetero) is 1. The van der Waals surface area contributed by atoms with Gasteiger partial charge in [0.15, 0.2) is 5.78 Å². The topological polar surface area (TPSA) is 49.8 Å². The summed E-state index contributed by atoms with van der Waals surface area (Å²) in [5.74, 6) is 0.123. The number of nitrogens with zero attached hydrogens (tertiary/aromatic N) is 1. The zero-order valence-electron chi connectivity index (χ0n) is 11.8. The largest absolute Gasteiger partial charge is 0.394 e. The van der Waals surface area contributed by atoms with Crippen LogP contribution in [-0.2, 0) is 14.9 Å². The van der Waals surface area contributed by atoms with E-state index in [1.165, 1.54) is 0 Å². The summed E-state index contributed by atoms with van der Waals surface area (Å²) in [7, 11) is 1.59. The molecule has 20 heavy (non-hydrogen) atoms. The molecule has 0 saturated carbocycles. The predicted octanol–water partition coefficient (Wildman–Crippen LogP) is 0.980. The molecule has 0 aliphatic carbocycles. The molecule has 0 unspecified atom stereocenters. The highest BCUT2D eigenvalue weighted by Crippen LogP contribution is 2.47. The Labute approximate surface area is 119 Å². The number of hydrogen-bond donors (Lipinski definition) is 1. The first kappa shape index (κ1) is 13.7. The monoisotopic (exact) mass is 275 g/mol. The standard InChI is InChI=1S/C16H21NO3/c1-20-12-16(11-18)14(19)15(7-9-17(16)10-8-15)13-5-3-2-4-6-13/h2-6,18H,7-12H2,1H3/t16-/m0/s1. The maximum absolute atomic E-state index is 13.2. The number of fused-ring (bicyclic) bond motifs is 3. The highest BCUT2D eigenvalue weighted by atomic mass is 16.5. The predicted molar refractivity (Wildman–Crippen MR) is 75.6 cm³/mol. The van der Waals surface area contributed by atoms with Gasteiger partial charge >= 0.3 is 0 Å². The molecular formula is C16H21NO3. The first-order valence-corrected chi connectivity index (χ1v) is 7.15. The Morgan fingerprint density at radius 3 is 2.45 bits per heavy atom. The van der Waals surface area contributed by atoms with Crippen molar-refractivity contribution in [2.75, 3.05) is 33.4 Å². The van der Waals surface area contributed by atoms with Gasteiger partial charge in [0.2, 0.25) is 0 Å². The molecule has 3 heterocycles. The average Bonchev–Trinajstić information content (AvgIpc) is 2.52. The lowest BCUT2D eigenvalue weighted by molar-refractivity contribution is -0.162. The zero-order chi connectivity index (χ0) is 14.2. The quantitative estimate of drug-likeness (QED) is 0.890. The lowest BCUT2D eigenvalue weighted by Gasteiger charge is -2.57. The maximum Gasteiger partial charge on any atom is 0.168 e. The summed E-state index contributed by atoms with van der Waals surface area (Å²) in [6, 6.07) is 10.0. The van der Waals surface area contributed by atoms with Gasteiger partial charge in [-0.3, -0.25) is 9.69 Å². The van der Waals surface area contributed by atoms with E-state index in [1.54, 1.807) is 7.11 Å². The van der Waals surface area contributed by atoms with E-state index in [4.69, 9.17) is 4.74 Å². The van der Waals surface area contributed by atoms with E-state index in [2.05, 4.69) is 4.90 Å². The number of piperidine rings is 3. The van der Waals surface area contributed by atoms with Gasteiger partial charge in [0.1, 0.15) is 5.54 Å². The minimum absolute atomic E-state index is 0.123. The Morgan fingerprint density at radius 2 is 1.90 bits per heavy atom. The molecule has 1 aromatic rings. The fourth-order valence-electron chi connectivity index (χ4n) is 3.92. The summed E-state index contributed by atoms with van der Waals surface area (Å²) in [5, 5.41) is 9.88. The van der Waals surface area contributed by atoms with Gasteiger partial charge in [-0.2, -0.15) is 0 Å². The van der Waals surface area contributed by atoms with E-state index < -0.39 is 11.0 Å². The fraction of sp³-hybridized carbons (Fsp3) is 0.562. The molecule has 1 N–H and O–H groups in total. The third kappa shape index (κ3) is 1.68. The van der Waals surface area contributed by atoms with Crippen LogP contribution in [0.2, 0.25) is 0 Å². The molecule has 0 spiro atoms. The van der Waals surface area contributed by atoms with E-state index in [-0.39, 0.29) is 19.0 Å². The number of aliphatic hydroxyl groups is 1. The summed E-state index contributed by atoms with van der Waals surface area (Å²) >= 11 is 0. The minimum atomic E-state index is -0.860. The van der Waals surface area contributed by atoms with Gasteiger partial charge in [0, 0.05) is 20.2 Å². The third-order valence-corrected chi connectivity index (χ3v) is 5.05. The molecule has 3 saturated heterocycles. The van der Waals surface area contributed by atoms with Gasteiger partial charge in [-0.1, -0.05) is 30.3 Å². The fourth-order valence-corrected chi connectivity index (χ4v) is 3.92. The van der Waals surface area contributed by atoms with Crippen molar-refractivity contribution >= 4 is 5.78 Å². The Morgan fingerprint density at radius 1 is 1.25 bits per heavy atom. The van der Waals surface area contributed by atoms with E-state index >= 15 is 0 Å². The van der Waals surface area contributed by atoms with Crippen molar-refractivity contribution in [3.63, 3.8) is 0 Å². The maximum atomic E-state index is 13.2. The van der Waals surface area contributed by atoms with Crippen LogP contribution >= 0.6 is 0 Å². The first-order chi connectivity index (χ1) is 9.69. The number of rotatable bonds is 4. The average molecular weight is 275 g/mol. The van der Waals surface area contributed by atoms with Crippen molar-refractivity contribution in [2.45, 2.75) is 23.8 Å². The Hall–Kier alpha value is -1.23. The highest BCUT2D eigenvalue weighted by molar-refractivity contribution is 5.99. The second-order valence-electron chi connectivity index (χ2n) is 5.89. The molecule has 3 aliphatic rings. The third-order valence-electron chi connectivity index (χ3n) is 5.05. The lowest BCUT2D eigenvalue weighted by Crippen LogP contribution is -2.73. The van der Waals surface area contributed by atoms with Crippen molar-refractivity contribution < 1.29 is 14.6 Å². The van der Waals surface area contributed by atoms with Crippen molar-refractivity contribution in [1.29, 1.82) is 0 Å². The second kappa shape index (κ2) is 4.95.